The molecule has 0 unspecified atom stereocenters. The summed E-state index contributed by atoms with van der Waals surface area (Å²) in [5.74, 6) is 0.144. The Bertz CT molecular complexity index is 930. The van der Waals surface area contributed by atoms with Crippen LogP contribution in [0, 0.1) is 0 Å². The lowest BCUT2D eigenvalue weighted by molar-refractivity contribution is -0.114. The van der Waals surface area contributed by atoms with Gasteiger partial charge >= 0.3 is 0 Å². The Balaban J connectivity index is 2.00. The van der Waals surface area contributed by atoms with Gasteiger partial charge in [-0.1, -0.05) is 49.8 Å². The summed E-state index contributed by atoms with van der Waals surface area (Å²) < 4.78 is 2.41. The zero-order valence-corrected chi connectivity index (χ0v) is 14.9. The lowest BCUT2D eigenvalue weighted by Crippen LogP contribution is -1.96. The summed E-state index contributed by atoms with van der Waals surface area (Å²) in [5, 5.41) is 2.54. The number of carbonyl (C=O) groups excluding carboxylic acids is 1. The third kappa shape index (κ3) is 3.74. The summed E-state index contributed by atoms with van der Waals surface area (Å²) in [6.45, 7) is 6.92. The van der Waals surface area contributed by atoms with Gasteiger partial charge in [-0.2, -0.15) is 0 Å². The molecule has 0 fully saturated rings. The first-order valence-corrected chi connectivity index (χ1v) is 9.07. The van der Waals surface area contributed by atoms with Crippen molar-refractivity contribution in [3.05, 3.63) is 66.8 Å². The molecule has 0 aliphatic heterocycles. The normalized spacial score (nSPS) is 11.6. The Kier molecular flexibility index (Phi) is 5.49. The number of unbranched alkanes of at least 4 members (excludes halogenated alkanes) is 1. The number of rotatable bonds is 8. The van der Waals surface area contributed by atoms with Crippen LogP contribution >= 0.6 is 0 Å². The number of aryl methyl sites for hydroxylation is 1. The average molecular weight is 331 g/mol. The molecule has 0 N–H and O–H groups in total. The molecule has 3 rings (SSSR count). The molecule has 25 heavy (non-hydrogen) atoms. The maximum absolute atomic E-state index is 11.8. The highest BCUT2D eigenvalue weighted by Gasteiger charge is 2.10. The number of aromatic nitrogens is 1. The lowest BCUT2D eigenvalue weighted by Gasteiger charge is -2.06. The van der Waals surface area contributed by atoms with Crippen molar-refractivity contribution < 1.29 is 4.79 Å². The molecule has 0 saturated carbocycles. The molecule has 0 amide bonds. The topological polar surface area (TPSA) is 22.0 Å². The Morgan fingerprint density at radius 3 is 2.72 bits per heavy atom. The predicted octanol–water partition coefficient (Wildman–Crippen LogP) is 6.14. The van der Waals surface area contributed by atoms with Crippen LogP contribution in [0.5, 0.6) is 0 Å². The SMILES string of the molecule is C=CCCC(=O)C=Cc1ccc2c(c1)c1ccccc1n2CCCC. The summed E-state index contributed by atoms with van der Waals surface area (Å²) in [6, 6.07) is 15.0. The van der Waals surface area contributed by atoms with Crippen molar-refractivity contribution in [2.45, 2.75) is 39.2 Å². The lowest BCUT2D eigenvalue weighted by atomic mass is 10.1. The van der Waals surface area contributed by atoms with Gasteiger partial charge in [-0.25, -0.2) is 0 Å². The van der Waals surface area contributed by atoms with Gasteiger partial charge in [0, 0.05) is 34.8 Å². The van der Waals surface area contributed by atoms with Crippen molar-refractivity contribution in [2.75, 3.05) is 0 Å². The highest BCUT2D eigenvalue weighted by Crippen LogP contribution is 2.30. The molecule has 2 aromatic carbocycles. The Morgan fingerprint density at radius 2 is 1.92 bits per heavy atom. The highest BCUT2D eigenvalue weighted by atomic mass is 16.1. The van der Waals surface area contributed by atoms with Gasteiger partial charge in [0.25, 0.3) is 0 Å². The van der Waals surface area contributed by atoms with Gasteiger partial charge in [0.2, 0.25) is 0 Å². The maximum atomic E-state index is 11.8. The summed E-state index contributed by atoms with van der Waals surface area (Å²) in [4.78, 5) is 11.8. The van der Waals surface area contributed by atoms with Crippen LogP contribution in [0.2, 0.25) is 0 Å². The van der Waals surface area contributed by atoms with Crippen LogP contribution in [0.1, 0.15) is 38.2 Å². The van der Waals surface area contributed by atoms with Gasteiger partial charge in [0.1, 0.15) is 0 Å². The smallest absolute Gasteiger partial charge is 0.156 e. The number of allylic oxidation sites excluding steroid dienone is 2. The van der Waals surface area contributed by atoms with Gasteiger partial charge in [0.05, 0.1) is 0 Å². The number of hydrogen-bond acceptors (Lipinski definition) is 1. The standard InChI is InChI=1S/C23H25NO/c1-3-5-9-19(25)14-12-18-13-15-23-21(17-18)20-10-7-8-11-22(20)24(23)16-6-4-2/h3,7-8,10-15,17H,1,4-6,9,16H2,2H3. The van der Waals surface area contributed by atoms with Crippen LogP contribution in [0.4, 0.5) is 0 Å². The molecule has 2 nitrogen and oxygen atoms in total. The molecule has 128 valence electrons. The second-order valence-electron chi connectivity index (χ2n) is 6.43. The third-order valence-electron chi connectivity index (χ3n) is 4.59. The minimum Gasteiger partial charge on any atom is -0.340 e. The summed E-state index contributed by atoms with van der Waals surface area (Å²) >= 11 is 0. The molecule has 0 radical (unpaired) electrons. The van der Waals surface area contributed by atoms with E-state index in [-0.39, 0.29) is 5.78 Å². The van der Waals surface area contributed by atoms with Gasteiger partial charge in [-0.15, -0.1) is 6.58 Å². The molecule has 0 atom stereocenters. The van der Waals surface area contributed by atoms with Crippen molar-refractivity contribution in [1.82, 2.24) is 4.57 Å². The van der Waals surface area contributed by atoms with Crippen molar-refractivity contribution >= 4 is 33.7 Å². The van der Waals surface area contributed by atoms with Crippen LogP contribution in [0.15, 0.2) is 61.2 Å². The van der Waals surface area contributed by atoms with E-state index in [1.807, 2.05) is 6.08 Å². The summed E-state index contributed by atoms with van der Waals surface area (Å²) in [6.07, 6.45) is 8.99. The van der Waals surface area contributed by atoms with E-state index in [1.165, 1.54) is 34.6 Å². The van der Waals surface area contributed by atoms with Gasteiger partial charge in [-0.05, 0) is 42.7 Å². The molecule has 1 heterocycles. The summed E-state index contributed by atoms with van der Waals surface area (Å²) in [5.41, 5.74) is 3.62. The van der Waals surface area contributed by atoms with Crippen LogP contribution in [0.25, 0.3) is 27.9 Å². The van der Waals surface area contributed by atoms with Gasteiger partial charge in [0.15, 0.2) is 5.78 Å². The number of hydrogen-bond donors (Lipinski definition) is 0. The number of fused-ring (bicyclic) bond motifs is 3. The van der Waals surface area contributed by atoms with E-state index in [2.05, 4.69) is 60.5 Å². The van der Waals surface area contributed by atoms with E-state index in [9.17, 15) is 4.79 Å². The first-order valence-electron chi connectivity index (χ1n) is 9.07. The highest BCUT2D eigenvalue weighted by molar-refractivity contribution is 6.08. The van der Waals surface area contributed by atoms with E-state index >= 15 is 0 Å². The van der Waals surface area contributed by atoms with Crippen molar-refractivity contribution in [3.63, 3.8) is 0 Å². The van der Waals surface area contributed by atoms with Crippen LogP contribution < -0.4 is 0 Å². The molecule has 0 bridgehead atoms. The van der Waals surface area contributed by atoms with E-state index in [0.717, 1.165) is 18.5 Å². The molecule has 1 aromatic heterocycles. The zero-order valence-electron chi connectivity index (χ0n) is 14.9. The third-order valence-corrected chi connectivity index (χ3v) is 4.59. The molecule has 0 aliphatic carbocycles. The van der Waals surface area contributed by atoms with Crippen molar-refractivity contribution in [3.8, 4) is 0 Å². The fraction of sp³-hybridized carbons (Fsp3) is 0.261. The fourth-order valence-corrected chi connectivity index (χ4v) is 3.25. The number of ketones is 1. The van der Waals surface area contributed by atoms with E-state index < -0.39 is 0 Å². The Hall–Kier alpha value is -2.61. The van der Waals surface area contributed by atoms with E-state index in [4.69, 9.17) is 0 Å². The fourth-order valence-electron chi connectivity index (χ4n) is 3.25. The van der Waals surface area contributed by atoms with Crippen LogP contribution in [0.3, 0.4) is 0 Å². The van der Waals surface area contributed by atoms with Crippen molar-refractivity contribution in [1.29, 1.82) is 0 Å². The second kappa shape index (κ2) is 7.98. The first-order chi connectivity index (χ1) is 12.2. The Morgan fingerprint density at radius 1 is 1.12 bits per heavy atom. The summed E-state index contributed by atoms with van der Waals surface area (Å²) in [7, 11) is 0. The van der Waals surface area contributed by atoms with E-state index in [1.54, 1.807) is 12.2 Å². The minimum absolute atomic E-state index is 0.144. The quantitative estimate of drug-likeness (QED) is 0.359. The molecular weight excluding hydrogens is 306 g/mol. The number of carbonyl (C=O) groups is 1. The monoisotopic (exact) mass is 331 g/mol. The van der Waals surface area contributed by atoms with Crippen molar-refractivity contribution in [2.24, 2.45) is 0 Å². The first kappa shape index (κ1) is 17.2. The number of para-hydroxylation sites is 1. The second-order valence-corrected chi connectivity index (χ2v) is 6.43. The molecular formula is C23H25NO. The van der Waals surface area contributed by atoms with Gasteiger partial charge in [-0.3, -0.25) is 4.79 Å². The van der Waals surface area contributed by atoms with Crippen LogP contribution in [-0.4, -0.2) is 10.4 Å². The zero-order chi connectivity index (χ0) is 17.6. The molecule has 0 aliphatic rings. The molecule has 3 aromatic rings. The molecule has 2 heteroatoms. The van der Waals surface area contributed by atoms with E-state index in [0.29, 0.717) is 6.42 Å². The Labute approximate surface area is 149 Å². The van der Waals surface area contributed by atoms with Gasteiger partial charge < -0.3 is 4.57 Å². The number of nitrogens with zero attached hydrogens (tertiary/aromatic N) is 1. The average Bonchev–Trinajstić information content (AvgIpc) is 2.96. The van der Waals surface area contributed by atoms with Crippen LogP contribution in [-0.2, 0) is 11.3 Å². The molecule has 0 saturated heterocycles. The molecule has 0 spiro atoms. The minimum atomic E-state index is 0.144. The predicted molar refractivity (Wildman–Crippen MR) is 108 cm³/mol. The maximum Gasteiger partial charge on any atom is 0.156 e. The number of benzene rings is 2. The largest absolute Gasteiger partial charge is 0.340 e.